The van der Waals surface area contributed by atoms with E-state index in [0.717, 1.165) is 6.07 Å². The van der Waals surface area contributed by atoms with Gasteiger partial charge in [0.05, 0.1) is 32.4 Å². The van der Waals surface area contributed by atoms with Gasteiger partial charge in [0.1, 0.15) is 11.9 Å². The fourth-order valence-electron chi connectivity index (χ4n) is 2.54. The summed E-state index contributed by atoms with van der Waals surface area (Å²) in [5.41, 5.74) is 1.06. The molecular weight excluding hydrogens is 424 g/mol. The van der Waals surface area contributed by atoms with E-state index >= 15 is 0 Å². The maximum absolute atomic E-state index is 13.9. The smallest absolute Gasteiger partial charge is 0.252 e. The molecule has 1 amide bonds. The molecule has 1 aromatic heterocycles. The third-order valence-electron chi connectivity index (χ3n) is 3.95. The van der Waals surface area contributed by atoms with Crippen LogP contribution >= 0.6 is 34.8 Å². The molecule has 0 aliphatic heterocycles. The van der Waals surface area contributed by atoms with Crippen molar-refractivity contribution in [1.82, 2.24) is 10.3 Å². The van der Waals surface area contributed by atoms with Crippen LogP contribution in [0, 0.1) is 17.1 Å². The van der Waals surface area contributed by atoms with Crippen LogP contribution in [0.25, 0.3) is 0 Å². The van der Waals surface area contributed by atoms with Crippen LogP contribution < -0.4 is 5.32 Å². The minimum absolute atomic E-state index is 0.0653. The highest BCUT2D eigenvalue weighted by Crippen LogP contribution is 2.29. The number of pyridine rings is 1. The number of nitrogens with zero attached hydrogens (tertiary/aromatic N) is 2. The third-order valence-corrected chi connectivity index (χ3v) is 4.91. The number of aromatic nitrogens is 1. The van der Waals surface area contributed by atoms with Crippen LogP contribution in [0.15, 0.2) is 54.7 Å². The number of hydrogen-bond donors (Lipinski definition) is 1. The number of nitrogens with one attached hydrogen (secondary N) is 1. The van der Waals surface area contributed by atoms with Gasteiger partial charge in [-0.25, -0.2) is 4.39 Å². The molecule has 0 radical (unpaired) electrons. The fraction of sp³-hybridized carbons (Fsp3) is 0.0500. The summed E-state index contributed by atoms with van der Waals surface area (Å²) in [6.45, 7) is 0. The zero-order valence-corrected chi connectivity index (χ0v) is 16.4. The summed E-state index contributed by atoms with van der Waals surface area (Å²) in [5.74, 6) is -1.32. The highest BCUT2D eigenvalue weighted by molar-refractivity contribution is 6.42. The first-order valence-electron chi connectivity index (χ1n) is 7.96. The van der Waals surface area contributed by atoms with Gasteiger partial charge in [-0.05, 0) is 48.0 Å². The third kappa shape index (κ3) is 4.42. The number of rotatable bonds is 4. The molecule has 3 aromatic rings. The number of carbonyl (C=O) groups excluding carboxylic acids is 1. The molecule has 140 valence electrons. The number of amides is 1. The van der Waals surface area contributed by atoms with E-state index in [1.165, 1.54) is 18.3 Å². The molecule has 0 saturated carbocycles. The van der Waals surface area contributed by atoms with Gasteiger partial charge in [0.15, 0.2) is 0 Å². The van der Waals surface area contributed by atoms with Crippen molar-refractivity contribution in [1.29, 1.82) is 5.26 Å². The highest BCUT2D eigenvalue weighted by atomic mass is 35.5. The number of nitriles is 1. The lowest BCUT2D eigenvalue weighted by atomic mass is 10.0. The van der Waals surface area contributed by atoms with E-state index in [0.29, 0.717) is 26.3 Å². The molecule has 1 heterocycles. The van der Waals surface area contributed by atoms with Gasteiger partial charge in [0.2, 0.25) is 0 Å². The summed E-state index contributed by atoms with van der Waals surface area (Å²) in [5, 5.41) is 12.8. The molecule has 4 nitrogen and oxygen atoms in total. The molecule has 0 fully saturated rings. The van der Waals surface area contributed by atoms with Gasteiger partial charge in [-0.2, -0.15) is 5.26 Å². The zero-order chi connectivity index (χ0) is 20.3. The van der Waals surface area contributed by atoms with Crippen LogP contribution in [0.2, 0.25) is 15.1 Å². The Kier molecular flexibility index (Phi) is 6.15. The Hall–Kier alpha value is -2.65. The first-order valence-corrected chi connectivity index (χ1v) is 9.09. The van der Waals surface area contributed by atoms with E-state index in [-0.39, 0.29) is 11.1 Å². The molecular formula is C20H11Cl3FN3O. The predicted octanol–water partition coefficient (Wildman–Crippen LogP) is 5.57. The second-order valence-electron chi connectivity index (χ2n) is 5.79. The molecule has 0 saturated heterocycles. The lowest BCUT2D eigenvalue weighted by Crippen LogP contribution is -2.30. The largest absolute Gasteiger partial charge is 0.340 e. The molecule has 0 spiro atoms. The summed E-state index contributed by atoms with van der Waals surface area (Å²) in [6.07, 6.45) is 1.45. The van der Waals surface area contributed by atoms with Gasteiger partial charge in [-0.1, -0.05) is 40.9 Å². The SMILES string of the molecule is N#Cc1ccc(C(=O)N[C@H](c2ccc(Cl)c(Cl)c2)c2ccc(Cl)cn2)cc1F. The standard InChI is InChI=1S/C20H11Cl3FN3O/c21-14-4-6-18(26-10-14)19(11-3-5-15(22)16(23)7-11)27-20(28)12-1-2-13(9-25)17(24)8-12/h1-8,10,19H,(H,27,28)/t19-/m1/s1. The molecule has 1 atom stereocenters. The van der Waals surface area contributed by atoms with E-state index < -0.39 is 17.8 Å². The Morgan fingerprint density at radius 1 is 1.07 bits per heavy atom. The van der Waals surface area contributed by atoms with Crippen molar-refractivity contribution in [2.75, 3.05) is 0 Å². The summed E-state index contributed by atoms with van der Waals surface area (Å²) in [6, 6.07) is 12.9. The van der Waals surface area contributed by atoms with Gasteiger partial charge in [-0.15, -0.1) is 0 Å². The van der Waals surface area contributed by atoms with Crippen molar-refractivity contribution in [3.63, 3.8) is 0 Å². The molecule has 1 N–H and O–H groups in total. The monoisotopic (exact) mass is 433 g/mol. The Balaban J connectivity index is 1.98. The molecule has 28 heavy (non-hydrogen) atoms. The Morgan fingerprint density at radius 2 is 1.86 bits per heavy atom. The number of hydrogen-bond acceptors (Lipinski definition) is 3. The van der Waals surface area contributed by atoms with Crippen molar-refractivity contribution in [2.24, 2.45) is 0 Å². The molecule has 2 aromatic carbocycles. The van der Waals surface area contributed by atoms with Crippen molar-refractivity contribution in [3.8, 4) is 6.07 Å². The van der Waals surface area contributed by atoms with Gasteiger partial charge in [-0.3, -0.25) is 9.78 Å². The highest BCUT2D eigenvalue weighted by Gasteiger charge is 2.21. The summed E-state index contributed by atoms with van der Waals surface area (Å²) in [7, 11) is 0. The molecule has 0 aliphatic rings. The van der Waals surface area contributed by atoms with Crippen LogP contribution in [0.5, 0.6) is 0 Å². The van der Waals surface area contributed by atoms with Crippen molar-refractivity contribution in [2.45, 2.75) is 6.04 Å². The van der Waals surface area contributed by atoms with Crippen LogP contribution in [0.4, 0.5) is 4.39 Å². The maximum Gasteiger partial charge on any atom is 0.252 e. The zero-order valence-electron chi connectivity index (χ0n) is 14.1. The van der Waals surface area contributed by atoms with Crippen molar-refractivity contribution >= 4 is 40.7 Å². The first kappa shape index (κ1) is 20.1. The molecule has 0 aliphatic carbocycles. The van der Waals surface area contributed by atoms with E-state index in [1.54, 1.807) is 36.4 Å². The molecule has 8 heteroatoms. The fourth-order valence-corrected chi connectivity index (χ4v) is 2.96. The molecule has 3 rings (SSSR count). The number of halogens is 4. The van der Waals surface area contributed by atoms with Gasteiger partial charge < -0.3 is 5.32 Å². The van der Waals surface area contributed by atoms with Crippen LogP contribution in [0.3, 0.4) is 0 Å². The van der Waals surface area contributed by atoms with E-state index in [4.69, 9.17) is 40.1 Å². The Bertz CT molecular complexity index is 1080. The minimum atomic E-state index is -0.772. The lowest BCUT2D eigenvalue weighted by Gasteiger charge is -2.19. The van der Waals surface area contributed by atoms with E-state index in [9.17, 15) is 9.18 Å². The number of carbonyl (C=O) groups is 1. The average molecular weight is 435 g/mol. The van der Waals surface area contributed by atoms with Crippen LogP contribution in [0.1, 0.15) is 33.2 Å². The summed E-state index contributed by atoms with van der Waals surface area (Å²) >= 11 is 18.0. The lowest BCUT2D eigenvalue weighted by molar-refractivity contribution is 0.0942. The normalized spacial score (nSPS) is 11.5. The molecule has 0 unspecified atom stereocenters. The predicted molar refractivity (Wildman–Crippen MR) is 106 cm³/mol. The van der Waals surface area contributed by atoms with Gasteiger partial charge in [0, 0.05) is 11.8 Å². The van der Waals surface area contributed by atoms with E-state index in [2.05, 4.69) is 10.3 Å². The minimum Gasteiger partial charge on any atom is -0.340 e. The molecule has 0 bridgehead atoms. The van der Waals surface area contributed by atoms with E-state index in [1.807, 2.05) is 0 Å². The quantitative estimate of drug-likeness (QED) is 0.583. The second-order valence-corrected chi connectivity index (χ2v) is 7.04. The topological polar surface area (TPSA) is 65.8 Å². The summed E-state index contributed by atoms with van der Waals surface area (Å²) in [4.78, 5) is 17.0. The van der Waals surface area contributed by atoms with Gasteiger partial charge in [0.25, 0.3) is 5.91 Å². The maximum atomic E-state index is 13.9. The van der Waals surface area contributed by atoms with Crippen molar-refractivity contribution < 1.29 is 9.18 Å². The number of benzene rings is 2. The average Bonchev–Trinajstić information content (AvgIpc) is 2.69. The Labute approximate surface area is 175 Å². The Morgan fingerprint density at radius 3 is 2.46 bits per heavy atom. The van der Waals surface area contributed by atoms with Crippen LogP contribution in [-0.4, -0.2) is 10.9 Å². The van der Waals surface area contributed by atoms with Gasteiger partial charge >= 0.3 is 0 Å². The summed E-state index contributed by atoms with van der Waals surface area (Å²) < 4.78 is 13.9. The van der Waals surface area contributed by atoms with Crippen LogP contribution in [-0.2, 0) is 0 Å². The first-order chi connectivity index (χ1) is 13.4. The second kappa shape index (κ2) is 8.57. The van der Waals surface area contributed by atoms with Crippen molar-refractivity contribution in [3.05, 3.63) is 98.0 Å².